The van der Waals surface area contributed by atoms with Crippen LogP contribution in [0.5, 0.6) is 0 Å². The minimum absolute atomic E-state index is 0.0598. The number of nitrogens with zero attached hydrogens (tertiary/aromatic N) is 1. The number of carbonyl (C=O) groups excluding carboxylic acids is 2. The van der Waals surface area contributed by atoms with Gasteiger partial charge < -0.3 is 10.6 Å². The minimum Gasteiger partial charge on any atom is -0.340 e. The summed E-state index contributed by atoms with van der Waals surface area (Å²) in [4.78, 5) is 29.8. The van der Waals surface area contributed by atoms with Crippen LogP contribution >= 0.6 is 11.3 Å². The Morgan fingerprint density at radius 3 is 2.48 bits per heavy atom. The Morgan fingerprint density at radius 2 is 1.78 bits per heavy atom. The molecule has 1 atom stereocenters. The molecule has 6 heteroatoms. The van der Waals surface area contributed by atoms with Gasteiger partial charge >= 0.3 is 0 Å². The maximum Gasteiger partial charge on any atom is 0.251 e. The first-order valence-electron chi connectivity index (χ1n) is 8.89. The molecule has 1 heterocycles. The monoisotopic (exact) mass is 381 g/mol. The standard InChI is InChI=1S/C21H23N3O2S/c1-12(2)18(23-19(25)15-7-5-6-13(3)10-15)20(26)24-21-22-16-9-8-14(4)11-17(16)27-21/h5-12,18H,1-4H3,(H,23,25)(H,22,24,26). The molecule has 0 bridgehead atoms. The summed E-state index contributed by atoms with van der Waals surface area (Å²) in [5.41, 5.74) is 3.54. The minimum atomic E-state index is -0.647. The van der Waals surface area contributed by atoms with E-state index in [0.29, 0.717) is 10.7 Å². The summed E-state index contributed by atoms with van der Waals surface area (Å²) >= 11 is 1.43. The van der Waals surface area contributed by atoms with Gasteiger partial charge in [-0.1, -0.05) is 48.9 Å². The second kappa shape index (κ2) is 7.88. The molecule has 0 fully saturated rings. The van der Waals surface area contributed by atoms with Crippen molar-refractivity contribution in [3.05, 3.63) is 59.2 Å². The van der Waals surface area contributed by atoms with Crippen LogP contribution in [0.15, 0.2) is 42.5 Å². The average Bonchev–Trinajstić information content (AvgIpc) is 3.00. The Labute approximate surface area is 162 Å². The van der Waals surface area contributed by atoms with Crippen LogP contribution in [0.1, 0.15) is 35.3 Å². The van der Waals surface area contributed by atoms with E-state index in [1.165, 1.54) is 11.3 Å². The zero-order chi connectivity index (χ0) is 19.6. The van der Waals surface area contributed by atoms with Gasteiger partial charge in [0.2, 0.25) is 5.91 Å². The molecule has 1 aromatic heterocycles. The van der Waals surface area contributed by atoms with Gasteiger partial charge in [-0.05, 0) is 49.6 Å². The summed E-state index contributed by atoms with van der Waals surface area (Å²) in [5.74, 6) is -0.579. The maximum absolute atomic E-state index is 12.8. The lowest BCUT2D eigenvalue weighted by molar-refractivity contribution is -0.118. The van der Waals surface area contributed by atoms with Crippen molar-refractivity contribution in [2.45, 2.75) is 33.7 Å². The lowest BCUT2D eigenvalue weighted by Crippen LogP contribution is -2.47. The Morgan fingerprint density at radius 1 is 1.04 bits per heavy atom. The van der Waals surface area contributed by atoms with E-state index < -0.39 is 6.04 Å². The number of nitrogens with one attached hydrogen (secondary N) is 2. The summed E-state index contributed by atoms with van der Waals surface area (Å²) < 4.78 is 1.02. The molecule has 0 saturated heterocycles. The smallest absolute Gasteiger partial charge is 0.251 e. The lowest BCUT2D eigenvalue weighted by Gasteiger charge is -2.21. The Balaban J connectivity index is 1.75. The first kappa shape index (κ1) is 19.0. The molecule has 0 aliphatic heterocycles. The van der Waals surface area contributed by atoms with E-state index in [4.69, 9.17) is 0 Å². The zero-order valence-corrected chi connectivity index (χ0v) is 16.7. The fourth-order valence-electron chi connectivity index (χ4n) is 2.81. The van der Waals surface area contributed by atoms with Crippen molar-refractivity contribution >= 4 is 38.5 Å². The Kier molecular flexibility index (Phi) is 5.56. The molecule has 0 aliphatic carbocycles. The second-order valence-electron chi connectivity index (χ2n) is 7.04. The fourth-order valence-corrected chi connectivity index (χ4v) is 3.78. The van der Waals surface area contributed by atoms with Crippen LogP contribution < -0.4 is 10.6 Å². The number of amides is 2. The quantitative estimate of drug-likeness (QED) is 0.692. The molecule has 140 valence electrons. The molecule has 0 aliphatic rings. The summed E-state index contributed by atoms with van der Waals surface area (Å²) in [6.45, 7) is 7.76. The summed E-state index contributed by atoms with van der Waals surface area (Å²) in [6, 6.07) is 12.6. The third-order valence-electron chi connectivity index (χ3n) is 4.29. The van der Waals surface area contributed by atoms with E-state index in [-0.39, 0.29) is 17.7 Å². The van der Waals surface area contributed by atoms with Crippen molar-refractivity contribution in [3.8, 4) is 0 Å². The normalized spacial score (nSPS) is 12.2. The molecular weight excluding hydrogens is 358 g/mol. The Bertz CT molecular complexity index is 994. The van der Waals surface area contributed by atoms with E-state index in [1.54, 1.807) is 12.1 Å². The number of anilines is 1. The molecule has 0 spiro atoms. The second-order valence-corrected chi connectivity index (χ2v) is 8.07. The highest BCUT2D eigenvalue weighted by Crippen LogP contribution is 2.27. The number of rotatable bonds is 5. The van der Waals surface area contributed by atoms with Crippen LogP contribution in [-0.4, -0.2) is 22.8 Å². The van der Waals surface area contributed by atoms with Crippen molar-refractivity contribution in [1.29, 1.82) is 0 Å². The van der Waals surface area contributed by atoms with Crippen LogP contribution in [0.2, 0.25) is 0 Å². The van der Waals surface area contributed by atoms with Gasteiger partial charge in [-0.15, -0.1) is 0 Å². The van der Waals surface area contributed by atoms with Crippen LogP contribution in [-0.2, 0) is 4.79 Å². The van der Waals surface area contributed by atoms with E-state index in [2.05, 4.69) is 15.6 Å². The molecule has 2 aromatic carbocycles. The molecule has 27 heavy (non-hydrogen) atoms. The highest BCUT2D eigenvalue weighted by atomic mass is 32.1. The number of benzene rings is 2. The van der Waals surface area contributed by atoms with Gasteiger partial charge in [0.05, 0.1) is 10.2 Å². The van der Waals surface area contributed by atoms with Crippen LogP contribution in [0, 0.1) is 19.8 Å². The molecule has 2 N–H and O–H groups in total. The zero-order valence-electron chi connectivity index (χ0n) is 15.9. The largest absolute Gasteiger partial charge is 0.340 e. The Hall–Kier alpha value is -2.73. The molecular formula is C21H23N3O2S. The van der Waals surface area contributed by atoms with E-state index >= 15 is 0 Å². The first-order valence-corrected chi connectivity index (χ1v) is 9.70. The van der Waals surface area contributed by atoms with Gasteiger partial charge in [0, 0.05) is 5.56 Å². The highest BCUT2D eigenvalue weighted by molar-refractivity contribution is 7.22. The van der Waals surface area contributed by atoms with Gasteiger partial charge in [0.1, 0.15) is 6.04 Å². The number of fused-ring (bicyclic) bond motifs is 1. The number of hydrogen-bond donors (Lipinski definition) is 2. The van der Waals surface area contributed by atoms with Crippen molar-refractivity contribution in [1.82, 2.24) is 10.3 Å². The molecule has 3 aromatic rings. The molecule has 1 unspecified atom stereocenters. The van der Waals surface area contributed by atoms with Gasteiger partial charge in [-0.25, -0.2) is 4.98 Å². The first-order chi connectivity index (χ1) is 12.8. The average molecular weight is 382 g/mol. The van der Waals surface area contributed by atoms with Crippen molar-refractivity contribution in [2.24, 2.45) is 5.92 Å². The molecule has 0 saturated carbocycles. The van der Waals surface area contributed by atoms with Crippen LogP contribution in [0.3, 0.4) is 0 Å². The van der Waals surface area contributed by atoms with E-state index in [0.717, 1.165) is 21.3 Å². The third kappa shape index (κ3) is 4.52. The third-order valence-corrected chi connectivity index (χ3v) is 5.22. The van der Waals surface area contributed by atoms with Crippen molar-refractivity contribution in [2.75, 3.05) is 5.32 Å². The van der Waals surface area contributed by atoms with Crippen molar-refractivity contribution in [3.63, 3.8) is 0 Å². The number of aromatic nitrogens is 1. The number of hydrogen-bond acceptors (Lipinski definition) is 4. The van der Waals surface area contributed by atoms with Gasteiger partial charge in [-0.2, -0.15) is 0 Å². The van der Waals surface area contributed by atoms with E-state index in [1.807, 2.05) is 58.0 Å². The molecule has 5 nitrogen and oxygen atoms in total. The number of aryl methyl sites for hydroxylation is 2. The van der Waals surface area contributed by atoms with Gasteiger partial charge in [0.15, 0.2) is 5.13 Å². The maximum atomic E-state index is 12.8. The predicted octanol–water partition coefficient (Wildman–Crippen LogP) is 4.31. The summed E-state index contributed by atoms with van der Waals surface area (Å²) in [5, 5.41) is 6.24. The number of thiazole rings is 1. The lowest BCUT2D eigenvalue weighted by atomic mass is 10.0. The van der Waals surface area contributed by atoms with Gasteiger partial charge in [-0.3, -0.25) is 9.59 Å². The molecule has 3 rings (SSSR count). The molecule has 0 radical (unpaired) electrons. The topological polar surface area (TPSA) is 71.1 Å². The van der Waals surface area contributed by atoms with E-state index in [9.17, 15) is 9.59 Å². The SMILES string of the molecule is Cc1cccc(C(=O)NC(C(=O)Nc2nc3ccc(C)cc3s2)C(C)C)c1. The van der Waals surface area contributed by atoms with Crippen LogP contribution in [0.25, 0.3) is 10.2 Å². The summed E-state index contributed by atoms with van der Waals surface area (Å²) in [7, 11) is 0. The number of carbonyl (C=O) groups is 2. The molecule has 2 amide bonds. The van der Waals surface area contributed by atoms with Crippen molar-refractivity contribution < 1.29 is 9.59 Å². The highest BCUT2D eigenvalue weighted by Gasteiger charge is 2.25. The fraction of sp³-hybridized carbons (Fsp3) is 0.286. The van der Waals surface area contributed by atoms with Crippen LogP contribution in [0.4, 0.5) is 5.13 Å². The summed E-state index contributed by atoms with van der Waals surface area (Å²) in [6.07, 6.45) is 0. The van der Waals surface area contributed by atoms with Gasteiger partial charge in [0.25, 0.3) is 5.91 Å². The predicted molar refractivity (Wildman–Crippen MR) is 110 cm³/mol.